The van der Waals surface area contributed by atoms with Crippen molar-refractivity contribution < 1.29 is 18.4 Å². The number of amides is 2. The van der Waals surface area contributed by atoms with Gasteiger partial charge in [0, 0.05) is 48.3 Å². The monoisotopic (exact) mass is 590 g/mol. The number of para-hydroxylation sites is 2. The fraction of sp³-hybridized carbons (Fsp3) is 0.176. The van der Waals surface area contributed by atoms with E-state index in [2.05, 4.69) is 15.5 Å². The molecule has 5 aromatic rings. The molecule has 9 nitrogen and oxygen atoms in total. The Morgan fingerprint density at radius 2 is 1.59 bits per heavy atom. The molecule has 0 aliphatic carbocycles. The number of halogens is 1. The van der Waals surface area contributed by atoms with E-state index in [9.17, 15) is 23.6 Å². The minimum absolute atomic E-state index is 0.0157. The summed E-state index contributed by atoms with van der Waals surface area (Å²) in [6.07, 6.45) is 0.933. The second-order valence-electron chi connectivity index (χ2n) is 11.2. The lowest BCUT2D eigenvalue weighted by molar-refractivity contribution is 0.101. The third kappa shape index (κ3) is 5.04. The number of aromatic nitrogens is 1. The lowest BCUT2D eigenvalue weighted by Crippen LogP contribution is -2.47. The number of nitrogens with zero attached hydrogens (tertiary/aromatic N) is 2. The predicted molar refractivity (Wildman–Crippen MR) is 165 cm³/mol. The molecule has 0 saturated carbocycles. The number of rotatable bonds is 5. The molecule has 0 spiro atoms. The molecule has 7 rings (SSSR count). The highest BCUT2D eigenvalue weighted by molar-refractivity contribution is 6.09. The van der Waals surface area contributed by atoms with E-state index in [1.165, 1.54) is 30.3 Å². The molecule has 0 radical (unpaired) electrons. The number of pyridine rings is 1. The SMILES string of the molecule is O=C(Nc1ccccc1F)c1ccc(N2C[C@H]3C[C@@H](C2)c2cccc(=O)n2C3)c(NC(=O)c2cc3ccccc3oc2=O)c1. The summed E-state index contributed by atoms with van der Waals surface area (Å²) >= 11 is 0. The zero-order valence-corrected chi connectivity index (χ0v) is 23.5. The van der Waals surface area contributed by atoms with Gasteiger partial charge in [0.05, 0.1) is 17.1 Å². The van der Waals surface area contributed by atoms with Crippen LogP contribution in [0.5, 0.6) is 0 Å². The molecule has 2 aliphatic rings. The molecule has 2 bridgehead atoms. The fourth-order valence-corrected chi connectivity index (χ4v) is 6.31. The Hall–Kier alpha value is -5.51. The largest absolute Gasteiger partial charge is 0.422 e. The van der Waals surface area contributed by atoms with Gasteiger partial charge in [-0.25, -0.2) is 9.18 Å². The number of anilines is 3. The van der Waals surface area contributed by atoms with Crippen molar-refractivity contribution in [1.29, 1.82) is 0 Å². The third-order valence-electron chi connectivity index (χ3n) is 8.34. The predicted octanol–water partition coefficient (Wildman–Crippen LogP) is 5.22. The molecule has 2 atom stereocenters. The molecule has 0 unspecified atom stereocenters. The number of benzene rings is 3. The zero-order valence-electron chi connectivity index (χ0n) is 23.5. The number of hydrogen-bond acceptors (Lipinski definition) is 6. The summed E-state index contributed by atoms with van der Waals surface area (Å²) in [6, 6.07) is 24.4. The van der Waals surface area contributed by atoms with Crippen molar-refractivity contribution in [2.24, 2.45) is 5.92 Å². The maximum atomic E-state index is 14.3. The van der Waals surface area contributed by atoms with Crippen molar-refractivity contribution in [3.8, 4) is 0 Å². The summed E-state index contributed by atoms with van der Waals surface area (Å²) < 4.78 is 21.5. The van der Waals surface area contributed by atoms with Crippen LogP contribution < -0.4 is 26.7 Å². The molecule has 10 heteroatoms. The van der Waals surface area contributed by atoms with Crippen molar-refractivity contribution >= 4 is 39.8 Å². The van der Waals surface area contributed by atoms with E-state index < -0.39 is 23.3 Å². The van der Waals surface area contributed by atoms with Gasteiger partial charge in [0.25, 0.3) is 17.4 Å². The van der Waals surface area contributed by atoms with Gasteiger partial charge in [0.1, 0.15) is 17.0 Å². The lowest BCUT2D eigenvalue weighted by atomic mass is 9.83. The molecule has 1 fully saturated rings. The van der Waals surface area contributed by atoms with E-state index in [0.717, 1.165) is 12.1 Å². The first-order chi connectivity index (χ1) is 21.3. The smallest absolute Gasteiger partial charge is 0.349 e. The van der Waals surface area contributed by atoms with Gasteiger partial charge in [-0.2, -0.15) is 0 Å². The van der Waals surface area contributed by atoms with Crippen molar-refractivity contribution in [1.82, 2.24) is 4.57 Å². The standard InChI is InChI=1S/C34H27FN4O5/c35-25-7-2-3-8-26(25)36-32(41)22-12-13-29(38-17-20-14-23(19-38)28-9-5-11-31(40)39(28)18-20)27(16-22)37-33(42)24-15-21-6-1-4-10-30(21)44-34(24)43/h1-13,15-16,20,23H,14,17-19H2,(H,36,41)(H,37,42)/t20-,23+/m1/s1. The molecule has 4 heterocycles. The molecule has 2 amide bonds. The summed E-state index contributed by atoms with van der Waals surface area (Å²) in [5, 5.41) is 6.01. The Morgan fingerprint density at radius 3 is 2.45 bits per heavy atom. The molecule has 2 N–H and O–H groups in total. The van der Waals surface area contributed by atoms with Gasteiger partial charge in [-0.15, -0.1) is 0 Å². The molecular formula is C34H27FN4O5. The van der Waals surface area contributed by atoms with E-state index in [4.69, 9.17) is 4.42 Å². The van der Waals surface area contributed by atoms with Crippen LogP contribution in [0.15, 0.2) is 105 Å². The second kappa shape index (κ2) is 11.0. The Kier molecular flexibility index (Phi) is 6.81. The summed E-state index contributed by atoms with van der Waals surface area (Å²) in [5.74, 6) is -1.54. The number of piperidine rings is 1. The van der Waals surface area contributed by atoms with Crippen LogP contribution in [-0.2, 0) is 6.54 Å². The minimum Gasteiger partial charge on any atom is -0.422 e. The molecule has 2 aliphatic heterocycles. The topological polar surface area (TPSA) is 114 Å². The maximum Gasteiger partial charge on any atom is 0.349 e. The number of carbonyl (C=O) groups excluding carboxylic acids is 2. The van der Waals surface area contributed by atoms with Crippen molar-refractivity contribution in [2.75, 3.05) is 28.6 Å². The van der Waals surface area contributed by atoms with Gasteiger partial charge in [-0.1, -0.05) is 36.4 Å². The van der Waals surface area contributed by atoms with E-state index >= 15 is 0 Å². The van der Waals surface area contributed by atoms with Crippen LogP contribution in [0.25, 0.3) is 11.0 Å². The van der Waals surface area contributed by atoms with Gasteiger partial charge in [-0.05, 0) is 60.9 Å². The van der Waals surface area contributed by atoms with Gasteiger partial charge in [0.2, 0.25) is 0 Å². The second-order valence-corrected chi connectivity index (χ2v) is 11.2. The quantitative estimate of drug-likeness (QED) is 0.271. The molecule has 3 aromatic carbocycles. The van der Waals surface area contributed by atoms with Crippen LogP contribution in [-0.4, -0.2) is 29.5 Å². The van der Waals surface area contributed by atoms with Crippen LogP contribution in [0.2, 0.25) is 0 Å². The first kappa shape index (κ1) is 27.3. The molecule has 1 saturated heterocycles. The summed E-state index contributed by atoms with van der Waals surface area (Å²) in [4.78, 5) is 54.2. The third-order valence-corrected chi connectivity index (χ3v) is 8.34. The average molecular weight is 591 g/mol. The van der Waals surface area contributed by atoms with Gasteiger partial charge < -0.3 is 24.5 Å². The minimum atomic E-state index is -0.786. The first-order valence-electron chi connectivity index (χ1n) is 14.3. The van der Waals surface area contributed by atoms with Crippen LogP contribution in [0, 0.1) is 11.7 Å². The Balaban J connectivity index is 1.25. The highest BCUT2D eigenvalue weighted by Crippen LogP contribution is 2.39. The average Bonchev–Trinajstić information content (AvgIpc) is 3.02. The van der Waals surface area contributed by atoms with Crippen molar-refractivity contribution in [2.45, 2.75) is 18.9 Å². The summed E-state index contributed by atoms with van der Waals surface area (Å²) in [6.45, 7) is 1.80. The number of nitrogens with one attached hydrogen (secondary N) is 2. The molecule has 44 heavy (non-hydrogen) atoms. The van der Waals surface area contributed by atoms with Gasteiger partial charge in [0.15, 0.2) is 0 Å². The van der Waals surface area contributed by atoms with Crippen molar-refractivity contribution in [3.63, 3.8) is 0 Å². The Labute approximate surface area is 250 Å². The number of hydrogen-bond donors (Lipinski definition) is 2. The molecular weight excluding hydrogens is 563 g/mol. The van der Waals surface area contributed by atoms with Crippen LogP contribution >= 0.6 is 0 Å². The van der Waals surface area contributed by atoms with E-state index in [1.54, 1.807) is 54.6 Å². The highest BCUT2D eigenvalue weighted by Gasteiger charge is 2.35. The van der Waals surface area contributed by atoms with Crippen LogP contribution in [0.3, 0.4) is 0 Å². The number of fused-ring (bicyclic) bond motifs is 5. The van der Waals surface area contributed by atoms with Crippen LogP contribution in [0.1, 0.15) is 38.7 Å². The summed E-state index contributed by atoms with van der Waals surface area (Å²) in [7, 11) is 0. The van der Waals surface area contributed by atoms with Gasteiger partial charge in [-0.3, -0.25) is 14.4 Å². The lowest BCUT2D eigenvalue weighted by Gasteiger charge is -2.44. The Bertz CT molecular complexity index is 2070. The van der Waals surface area contributed by atoms with E-state index in [1.807, 2.05) is 10.6 Å². The van der Waals surface area contributed by atoms with E-state index in [-0.39, 0.29) is 34.2 Å². The van der Waals surface area contributed by atoms with Crippen LogP contribution in [0.4, 0.5) is 21.5 Å². The Morgan fingerprint density at radius 1 is 0.795 bits per heavy atom. The summed E-state index contributed by atoms with van der Waals surface area (Å²) in [5.41, 5.74) is 1.54. The van der Waals surface area contributed by atoms with Gasteiger partial charge >= 0.3 is 5.63 Å². The van der Waals surface area contributed by atoms with E-state index in [0.29, 0.717) is 42.0 Å². The maximum absolute atomic E-state index is 14.3. The first-order valence-corrected chi connectivity index (χ1v) is 14.3. The fourth-order valence-electron chi connectivity index (χ4n) is 6.31. The normalized spacial score (nSPS) is 17.2. The zero-order chi connectivity index (χ0) is 30.4. The number of carbonyl (C=O) groups is 2. The molecule has 220 valence electrons. The van der Waals surface area contributed by atoms with Crippen molar-refractivity contribution in [3.05, 3.63) is 134 Å². The molecule has 2 aromatic heterocycles. The highest BCUT2D eigenvalue weighted by atomic mass is 19.1.